The number of carbonyl (C=O) groups is 1. The van der Waals surface area contributed by atoms with Gasteiger partial charge in [0.1, 0.15) is 11.5 Å². The van der Waals surface area contributed by atoms with Gasteiger partial charge in [-0.25, -0.2) is 4.98 Å². The number of carbonyl (C=O) groups excluding carboxylic acids is 1. The van der Waals surface area contributed by atoms with Crippen LogP contribution in [-0.4, -0.2) is 17.1 Å². The first kappa shape index (κ1) is 16.3. The number of ether oxygens (including phenoxy) is 2. The van der Waals surface area contributed by atoms with Gasteiger partial charge in [0.05, 0.1) is 5.56 Å². The van der Waals surface area contributed by atoms with Gasteiger partial charge in [-0.15, -0.1) is 13.2 Å². The van der Waals surface area contributed by atoms with E-state index in [2.05, 4.69) is 25.7 Å². The predicted octanol–water partition coefficient (Wildman–Crippen LogP) is 4.74. The predicted molar refractivity (Wildman–Crippen MR) is 75.1 cm³/mol. The highest BCUT2D eigenvalue weighted by Gasteiger charge is 2.31. The lowest BCUT2D eigenvalue weighted by Crippen LogP contribution is -2.16. The Hall–Kier alpha value is -2.09. The number of Topliss-reactive ketones (excluding diaryl/α,β-unsaturated/α-hetero) is 1. The Balaban J connectivity index is 2.20. The van der Waals surface area contributed by atoms with Crippen LogP contribution in [0.1, 0.15) is 17.3 Å². The van der Waals surface area contributed by atoms with Crippen molar-refractivity contribution < 1.29 is 27.4 Å². The second-order valence-electron chi connectivity index (χ2n) is 4.18. The van der Waals surface area contributed by atoms with Crippen molar-refractivity contribution in [2.24, 2.45) is 0 Å². The molecule has 0 saturated heterocycles. The van der Waals surface area contributed by atoms with Crippen molar-refractivity contribution in [3.63, 3.8) is 0 Å². The summed E-state index contributed by atoms with van der Waals surface area (Å²) in [5, 5.41) is 0. The normalized spacial score (nSPS) is 11.1. The van der Waals surface area contributed by atoms with Gasteiger partial charge in [0.2, 0.25) is 5.88 Å². The summed E-state index contributed by atoms with van der Waals surface area (Å²) in [5.74, 6) is -0.316. The largest absolute Gasteiger partial charge is 0.573 e. The minimum Gasteiger partial charge on any atom is -0.438 e. The Morgan fingerprint density at radius 1 is 1.18 bits per heavy atom. The maximum Gasteiger partial charge on any atom is 0.573 e. The van der Waals surface area contributed by atoms with Gasteiger partial charge in [-0.1, -0.05) is 0 Å². The Morgan fingerprint density at radius 3 is 2.32 bits per heavy atom. The molecule has 0 fully saturated rings. The quantitative estimate of drug-likeness (QED) is 0.724. The minimum absolute atomic E-state index is 0.0696. The summed E-state index contributed by atoms with van der Waals surface area (Å²) in [6.45, 7) is 1.36. The number of hydrogen-bond donors (Lipinski definition) is 0. The monoisotopic (exact) mass is 375 g/mol. The van der Waals surface area contributed by atoms with E-state index in [1.54, 1.807) is 6.07 Å². The summed E-state index contributed by atoms with van der Waals surface area (Å²) >= 11 is 3.19. The molecule has 22 heavy (non-hydrogen) atoms. The van der Waals surface area contributed by atoms with E-state index in [0.717, 1.165) is 12.1 Å². The molecule has 0 spiro atoms. The lowest BCUT2D eigenvalue weighted by atomic mass is 10.2. The van der Waals surface area contributed by atoms with E-state index in [0.29, 0.717) is 4.47 Å². The summed E-state index contributed by atoms with van der Waals surface area (Å²) in [6.07, 6.45) is -3.31. The third kappa shape index (κ3) is 4.45. The fourth-order valence-electron chi connectivity index (χ4n) is 1.58. The summed E-state index contributed by atoms with van der Waals surface area (Å²) < 4.78 is 46.0. The zero-order chi connectivity index (χ0) is 16.3. The zero-order valence-electron chi connectivity index (χ0n) is 11.1. The van der Waals surface area contributed by atoms with Crippen LogP contribution in [0.5, 0.6) is 17.4 Å². The third-order valence-corrected chi connectivity index (χ3v) is 2.90. The molecule has 0 saturated carbocycles. The number of ketones is 1. The number of nitrogens with zero attached hydrogens (tertiary/aromatic N) is 1. The van der Waals surface area contributed by atoms with Gasteiger partial charge in [0, 0.05) is 10.7 Å². The molecule has 0 N–H and O–H groups in total. The fourth-order valence-corrected chi connectivity index (χ4v) is 1.91. The molecule has 1 aromatic carbocycles. The molecule has 0 aliphatic heterocycles. The molecule has 0 unspecified atom stereocenters. The third-order valence-electron chi connectivity index (χ3n) is 2.47. The smallest absolute Gasteiger partial charge is 0.438 e. The molecule has 0 aliphatic rings. The Morgan fingerprint density at radius 2 is 1.77 bits per heavy atom. The minimum atomic E-state index is -4.75. The molecular formula is C14H9BrF3NO3. The zero-order valence-corrected chi connectivity index (χ0v) is 12.7. The molecule has 0 atom stereocenters. The topological polar surface area (TPSA) is 48.4 Å². The van der Waals surface area contributed by atoms with E-state index < -0.39 is 6.36 Å². The fraction of sp³-hybridized carbons (Fsp3) is 0.143. The van der Waals surface area contributed by atoms with Gasteiger partial charge in [0.25, 0.3) is 0 Å². The van der Waals surface area contributed by atoms with Gasteiger partial charge in [-0.05, 0) is 53.2 Å². The van der Waals surface area contributed by atoms with E-state index in [9.17, 15) is 18.0 Å². The molecule has 2 rings (SSSR count). The average Bonchev–Trinajstić information content (AvgIpc) is 2.41. The van der Waals surface area contributed by atoms with Crippen molar-refractivity contribution in [3.8, 4) is 17.4 Å². The Kier molecular flexibility index (Phi) is 4.70. The highest BCUT2D eigenvalue weighted by molar-refractivity contribution is 9.10. The van der Waals surface area contributed by atoms with E-state index in [4.69, 9.17) is 4.74 Å². The number of halogens is 4. The number of alkyl halides is 3. The highest BCUT2D eigenvalue weighted by atomic mass is 79.9. The van der Waals surface area contributed by atoms with Crippen molar-refractivity contribution in [3.05, 3.63) is 46.6 Å². The Bertz CT molecular complexity index is 687. The van der Waals surface area contributed by atoms with Crippen LogP contribution in [-0.2, 0) is 0 Å². The number of benzene rings is 1. The van der Waals surface area contributed by atoms with Gasteiger partial charge in [0.15, 0.2) is 5.78 Å². The second-order valence-corrected chi connectivity index (χ2v) is 5.10. The van der Waals surface area contributed by atoms with Crippen molar-refractivity contribution in [2.45, 2.75) is 13.3 Å². The van der Waals surface area contributed by atoms with E-state index in [1.165, 1.54) is 25.3 Å². The summed E-state index contributed by atoms with van der Waals surface area (Å²) in [4.78, 5) is 15.5. The van der Waals surface area contributed by atoms with Crippen LogP contribution in [0.15, 0.2) is 41.0 Å². The van der Waals surface area contributed by atoms with Crippen molar-refractivity contribution in [1.82, 2.24) is 4.98 Å². The molecule has 1 heterocycles. The molecule has 0 radical (unpaired) electrons. The van der Waals surface area contributed by atoms with Crippen molar-refractivity contribution in [1.29, 1.82) is 0 Å². The van der Waals surface area contributed by atoms with Gasteiger partial charge in [-0.2, -0.15) is 0 Å². The summed E-state index contributed by atoms with van der Waals surface area (Å²) in [7, 11) is 0. The molecular weight excluding hydrogens is 367 g/mol. The maximum absolute atomic E-state index is 12.1. The van der Waals surface area contributed by atoms with Crippen molar-refractivity contribution in [2.75, 3.05) is 0 Å². The van der Waals surface area contributed by atoms with Crippen LogP contribution in [0.3, 0.4) is 0 Å². The van der Waals surface area contributed by atoms with E-state index >= 15 is 0 Å². The molecule has 8 heteroatoms. The van der Waals surface area contributed by atoms with Gasteiger partial charge < -0.3 is 9.47 Å². The lowest BCUT2D eigenvalue weighted by Gasteiger charge is -2.11. The SMILES string of the molecule is CC(=O)c1cc(Br)cnc1Oc1ccc(OC(F)(F)F)cc1. The first-order chi connectivity index (χ1) is 10.2. The molecule has 0 aliphatic carbocycles. The first-order valence-electron chi connectivity index (χ1n) is 5.95. The molecule has 0 amide bonds. The van der Waals surface area contributed by atoms with Gasteiger partial charge in [-0.3, -0.25) is 4.79 Å². The summed E-state index contributed by atoms with van der Waals surface area (Å²) in [5.41, 5.74) is 0.255. The van der Waals surface area contributed by atoms with E-state index in [1.807, 2.05) is 0 Å². The first-order valence-corrected chi connectivity index (χ1v) is 6.74. The number of rotatable bonds is 4. The number of aromatic nitrogens is 1. The lowest BCUT2D eigenvalue weighted by molar-refractivity contribution is -0.274. The standard InChI is InChI=1S/C14H9BrF3NO3/c1-8(20)12-6-9(15)7-19-13(12)21-10-2-4-11(5-3-10)22-14(16,17)18/h2-7H,1H3. The second kappa shape index (κ2) is 6.35. The number of pyridine rings is 1. The molecule has 0 bridgehead atoms. The molecule has 2 aromatic rings. The van der Waals surface area contributed by atoms with Crippen LogP contribution < -0.4 is 9.47 Å². The molecule has 4 nitrogen and oxygen atoms in total. The van der Waals surface area contributed by atoms with Crippen molar-refractivity contribution >= 4 is 21.7 Å². The van der Waals surface area contributed by atoms with Gasteiger partial charge >= 0.3 is 6.36 Å². The van der Waals surface area contributed by atoms with Crippen LogP contribution in [0.4, 0.5) is 13.2 Å². The average molecular weight is 376 g/mol. The van der Waals surface area contributed by atoms with E-state index in [-0.39, 0.29) is 28.7 Å². The van der Waals surface area contributed by atoms with Crippen LogP contribution in [0.25, 0.3) is 0 Å². The number of hydrogen-bond acceptors (Lipinski definition) is 4. The van der Waals surface area contributed by atoms with Crippen LogP contribution in [0, 0.1) is 0 Å². The summed E-state index contributed by atoms with van der Waals surface area (Å²) in [6, 6.07) is 6.33. The molecule has 1 aromatic heterocycles. The molecule has 116 valence electrons. The van der Waals surface area contributed by atoms with Crippen LogP contribution >= 0.6 is 15.9 Å². The highest BCUT2D eigenvalue weighted by Crippen LogP contribution is 2.29. The Labute approximate surface area is 132 Å². The van der Waals surface area contributed by atoms with Crippen LogP contribution in [0.2, 0.25) is 0 Å². The maximum atomic E-state index is 12.1.